The molecule has 0 saturated carbocycles. The predicted molar refractivity (Wildman–Crippen MR) is 89.8 cm³/mol. The number of benzene rings is 1. The van der Waals surface area contributed by atoms with Gasteiger partial charge in [0.05, 0.1) is 30.7 Å². The summed E-state index contributed by atoms with van der Waals surface area (Å²) >= 11 is 0. The summed E-state index contributed by atoms with van der Waals surface area (Å²) in [6, 6.07) is 7.95. The van der Waals surface area contributed by atoms with Crippen LogP contribution in [0, 0.1) is 0 Å². The quantitative estimate of drug-likeness (QED) is 0.771. The highest BCUT2D eigenvalue weighted by Crippen LogP contribution is 2.28. The van der Waals surface area contributed by atoms with Crippen molar-refractivity contribution >= 4 is 17.3 Å². The Labute approximate surface area is 136 Å². The molecular formula is C17H25N3O3. The molecule has 1 amide bonds. The third kappa shape index (κ3) is 4.43. The number of morpholine rings is 1. The van der Waals surface area contributed by atoms with Gasteiger partial charge in [-0.2, -0.15) is 0 Å². The molecule has 1 atom stereocenters. The number of nitrogens with zero attached hydrogens (tertiary/aromatic N) is 1. The molecule has 126 valence electrons. The first-order valence-corrected chi connectivity index (χ1v) is 8.35. The normalized spacial score (nSPS) is 22.8. The van der Waals surface area contributed by atoms with Crippen LogP contribution in [-0.4, -0.2) is 56.0 Å². The molecule has 1 aromatic carbocycles. The fourth-order valence-corrected chi connectivity index (χ4v) is 3.14. The van der Waals surface area contributed by atoms with E-state index in [-0.39, 0.29) is 18.1 Å². The molecule has 2 aliphatic rings. The SMILES string of the molecule is O=C(CC1COCCN1)Nc1ccccc1N1CCC(O)CC1. The molecule has 0 radical (unpaired) electrons. The zero-order chi connectivity index (χ0) is 16.1. The number of piperidine rings is 1. The van der Waals surface area contributed by atoms with Crippen molar-refractivity contribution in [3.63, 3.8) is 0 Å². The number of rotatable bonds is 4. The second-order valence-corrected chi connectivity index (χ2v) is 6.21. The fourth-order valence-electron chi connectivity index (χ4n) is 3.14. The monoisotopic (exact) mass is 319 g/mol. The van der Waals surface area contributed by atoms with Crippen LogP contribution in [0.2, 0.25) is 0 Å². The summed E-state index contributed by atoms with van der Waals surface area (Å²) in [5.74, 6) is -0.00232. The minimum atomic E-state index is -0.203. The summed E-state index contributed by atoms with van der Waals surface area (Å²) in [4.78, 5) is 14.5. The van der Waals surface area contributed by atoms with Gasteiger partial charge in [-0.3, -0.25) is 4.79 Å². The average Bonchev–Trinajstić information content (AvgIpc) is 2.57. The molecule has 3 rings (SSSR count). The smallest absolute Gasteiger partial charge is 0.226 e. The van der Waals surface area contributed by atoms with Crippen molar-refractivity contribution in [1.82, 2.24) is 5.32 Å². The molecule has 6 nitrogen and oxygen atoms in total. The van der Waals surface area contributed by atoms with E-state index in [4.69, 9.17) is 4.74 Å². The maximum atomic E-state index is 12.3. The molecule has 1 aromatic rings. The Kier molecular flexibility index (Phi) is 5.48. The van der Waals surface area contributed by atoms with E-state index in [0.29, 0.717) is 19.6 Å². The van der Waals surface area contributed by atoms with Crippen LogP contribution >= 0.6 is 0 Å². The molecule has 2 heterocycles. The van der Waals surface area contributed by atoms with E-state index in [9.17, 15) is 9.90 Å². The fraction of sp³-hybridized carbons (Fsp3) is 0.588. The van der Waals surface area contributed by atoms with Crippen molar-refractivity contribution in [1.29, 1.82) is 0 Å². The number of para-hydroxylation sites is 2. The minimum absolute atomic E-state index is 0.00232. The molecule has 2 aliphatic heterocycles. The first kappa shape index (κ1) is 16.2. The van der Waals surface area contributed by atoms with E-state index >= 15 is 0 Å². The number of ether oxygens (including phenoxy) is 1. The van der Waals surface area contributed by atoms with Gasteiger partial charge in [-0.1, -0.05) is 12.1 Å². The highest BCUT2D eigenvalue weighted by Gasteiger charge is 2.21. The number of anilines is 2. The second kappa shape index (κ2) is 7.77. The minimum Gasteiger partial charge on any atom is -0.393 e. The number of aliphatic hydroxyl groups is 1. The van der Waals surface area contributed by atoms with Gasteiger partial charge < -0.3 is 25.4 Å². The zero-order valence-corrected chi connectivity index (χ0v) is 13.3. The molecule has 2 fully saturated rings. The third-order valence-corrected chi connectivity index (χ3v) is 4.41. The molecule has 3 N–H and O–H groups in total. The molecule has 23 heavy (non-hydrogen) atoms. The van der Waals surface area contributed by atoms with Gasteiger partial charge in [0.15, 0.2) is 0 Å². The Morgan fingerprint density at radius 1 is 1.35 bits per heavy atom. The van der Waals surface area contributed by atoms with E-state index in [1.807, 2.05) is 24.3 Å². The molecule has 0 bridgehead atoms. The lowest BCUT2D eigenvalue weighted by Crippen LogP contribution is -2.43. The van der Waals surface area contributed by atoms with Gasteiger partial charge in [-0.25, -0.2) is 0 Å². The van der Waals surface area contributed by atoms with Crippen LogP contribution in [0.25, 0.3) is 0 Å². The molecule has 0 aliphatic carbocycles. The van der Waals surface area contributed by atoms with Crippen molar-refractivity contribution in [2.75, 3.05) is 43.1 Å². The first-order valence-electron chi connectivity index (χ1n) is 8.35. The van der Waals surface area contributed by atoms with E-state index in [0.717, 1.165) is 43.9 Å². The maximum Gasteiger partial charge on any atom is 0.226 e. The number of carbonyl (C=O) groups is 1. The summed E-state index contributed by atoms with van der Waals surface area (Å²) in [6.45, 7) is 3.71. The van der Waals surface area contributed by atoms with Gasteiger partial charge >= 0.3 is 0 Å². The molecule has 1 unspecified atom stereocenters. The summed E-state index contributed by atoms with van der Waals surface area (Å²) in [5.41, 5.74) is 1.87. The summed E-state index contributed by atoms with van der Waals surface area (Å²) < 4.78 is 5.39. The van der Waals surface area contributed by atoms with Crippen LogP contribution in [0.1, 0.15) is 19.3 Å². The molecular weight excluding hydrogens is 294 g/mol. The van der Waals surface area contributed by atoms with E-state index in [2.05, 4.69) is 15.5 Å². The molecule has 0 spiro atoms. The van der Waals surface area contributed by atoms with Crippen LogP contribution in [-0.2, 0) is 9.53 Å². The number of aliphatic hydroxyl groups excluding tert-OH is 1. The van der Waals surface area contributed by atoms with Crippen LogP contribution in [0.3, 0.4) is 0 Å². The summed E-state index contributed by atoms with van der Waals surface area (Å²) in [6.07, 6.45) is 1.75. The van der Waals surface area contributed by atoms with Gasteiger partial charge in [-0.15, -0.1) is 0 Å². The van der Waals surface area contributed by atoms with Crippen LogP contribution in [0.4, 0.5) is 11.4 Å². The number of hydrogen-bond acceptors (Lipinski definition) is 5. The third-order valence-electron chi connectivity index (χ3n) is 4.41. The van der Waals surface area contributed by atoms with E-state index < -0.39 is 0 Å². The van der Waals surface area contributed by atoms with Crippen molar-refractivity contribution in [3.8, 4) is 0 Å². The lowest BCUT2D eigenvalue weighted by molar-refractivity contribution is -0.117. The Balaban J connectivity index is 1.62. The molecule has 0 aromatic heterocycles. The maximum absolute atomic E-state index is 12.3. The van der Waals surface area contributed by atoms with Crippen LogP contribution in [0.15, 0.2) is 24.3 Å². The summed E-state index contributed by atoms with van der Waals surface area (Å²) in [5, 5.41) is 16.0. The Morgan fingerprint density at radius 2 is 2.13 bits per heavy atom. The van der Waals surface area contributed by atoms with Gasteiger partial charge in [0.25, 0.3) is 0 Å². The number of nitrogens with one attached hydrogen (secondary N) is 2. The first-order chi connectivity index (χ1) is 11.2. The number of carbonyl (C=O) groups excluding carboxylic acids is 1. The van der Waals surface area contributed by atoms with Crippen molar-refractivity contribution < 1.29 is 14.6 Å². The van der Waals surface area contributed by atoms with E-state index in [1.165, 1.54) is 0 Å². The van der Waals surface area contributed by atoms with Crippen LogP contribution < -0.4 is 15.5 Å². The number of hydrogen-bond donors (Lipinski definition) is 3. The highest BCUT2D eigenvalue weighted by molar-refractivity contribution is 5.94. The standard InChI is InChI=1S/C17H25N3O3/c21-14-5-8-20(9-6-14)16-4-2-1-3-15(16)19-17(22)11-13-12-23-10-7-18-13/h1-4,13-14,18,21H,5-12H2,(H,19,22). The lowest BCUT2D eigenvalue weighted by Gasteiger charge is -2.33. The van der Waals surface area contributed by atoms with Gasteiger partial charge in [0, 0.05) is 32.1 Å². The lowest BCUT2D eigenvalue weighted by atomic mass is 10.1. The van der Waals surface area contributed by atoms with Crippen LogP contribution in [0.5, 0.6) is 0 Å². The molecule has 2 saturated heterocycles. The molecule has 6 heteroatoms. The topological polar surface area (TPSA) is 73.8 Å². The number of amides is 1. The largest absolute Gasteiger partial charge is 0.393 e. The Hall–Kier alpha value is -1.63. The van der Waals surface area contributed by atoms with E-state index in [1.54, 1.807) is 0 Å². The van der Waals surface area contributed by atoms with Gasteiger partial charge in [0.2, 0.25) is 5.91 Å². The summed E-state index contributed by atoms with van der Waals surface area (Å²) in [7, 11) is 0. The predicted octanol–water partition coefficient (Wildman–Crippen LogP) is 0.965. The van der Waals surface area contributed by atoms with Crippen molar-refractivity contribution in [2.24, 2.45) is 0 Å². The highest BCUT2D eigenvalue weighted by atomic mass is 16.5. The second-order valence-electron chi connectivity index (χ2n) is 6.21. The van der Waals surface area contributed by atoms with Gasteiger partial charge in [0.1, 0.15) is 0 Å². The van der Waals surface area contributed by atoms with Crippen molar-refractivity contribution in [2.45, 2.75) is 31.4 Å². The van der Waals surface area contributed by atoms with Gasteiger partial charge in [-0.05, 0) is 25.0 Å². The Morgan fingerprint density at radius 3 is 2.87 bits per heavy atom. The van der Waals surface area contributed by atoms with Crippen molar-refractivity contribution in [3.05, 3.63) is 24.3 Å². The zero-order valence-electron chi connectivity index (χ0n) is 13.3. The Bertz CT molecular complexity index is 524. The average molecular weight is 319 g/mol.